The summed E-state index contributed by atoms with van der Waals surface area (Å²) in [5.41, 5.74) is 2.29. The molecule has 0 unspecified atom stereocenters. The number of imidazole rings is 1. The fourth-order valence-corrected chi connectivity index (χ4v) is 2.88. The van der Waals surface area contributed by atoms with E-state index in [1.54, 1.807) is 11.3 Å². The molecule has 0 atom stereocenters. The van der Waals surface area contributed by atoms with E-state index in [0.29, 0.717) is 0 Å². The van der Waals surface area contributed by atoms with E-state index >= 15 is 0 Å². The number of aromatic nitrogens is 3. The number of H-pyrrole nitrogens is 1. The van der Waals surface area contributed by atoms with Gasteiger partial charge in [0.25, 0.3) is 0 Å². The maximum Gasteiger partial charge on any atom is 0.107 e. The Kier molecular flexibility index (Phi) is 4.14. The molecule has 0 radical (unpaired) electrons. The van der Waals surface area contributed by atoms with E-state index in [1.165, 1.54) is 9.88 Å². The number of thiazole rings is 1. The molecule has 0 spiro atoms. The molecule has 0 aromatic carbocycles. The highest BCUT2D eigenvalue weighted by atomic mass is 32.1. The number of nitrogens with one attached hydrogen (secondary N) is 1. The first kappa shape index (κ1) is 13.2. The predicted octanol–water partition coefficient (Wildman–Crippen LogP) is 2.68. The molecule has 2 aromatic rings. The molecule has 18 heavy (non-hydrogen) atoms. The van der Waals surface area contributed by atoms with Crippen molar-refractivity contribution in [1.82, 2.24) is 19.9 Å². The van der Waals surface area contributed by atoms with Crippen molar-refractivity contribution in [3.05, 3.63) is 33.3 Å². The van der Waals surface area contributed by atoms with Crippen LogP contribution in [-0.2, 0) is 19.5 Å². The molecular formula is C13H20N4S. The summed E-state index contributed by atoms with van der Waals surface area (Å²) in [6.07, 6.45) is 3.05. The third-order valence-electron chi connectivity index (χ3n) is 2.88. The van der Waals surface area contributed by atoms with E-state index in [0.717, 1.165) is 36.7 Å². The largest absolute Gasteiger partial charge is 0.346 e. The highest BCUT2D eigenvalue weighted by Crippen LogP contribution is 2.16. The van der Waals surface area contributed by atoms with E-state index in [1.807, 2.05) is 13.1 Å². The van der Waals surface area contributed by atoms with Crippen LogP contribution in [0.25, 0.3) is 0 Å². The van der Waals surface area contributed by atoms with Gasteiger partial charge in [-0.15, -0.1) is 11.3 Å². The lowest BCUT2D eigenvalue weighted by atomic mass is 10.3. The monoisotopic (exact) mass is 264 g/mol. The van der Waals surface area contributed by atoms with Gasteiger partial charge in [-0.25, -0.2) is 9.97 Å². The molecule has 98 valence electrons. The molecule has 5 heteroatoms. The van der Waals surface area contributed by atoms with Crippen LogP contribution >= 0.6 is 11.3 Å². The molecule has 0 aliphatic carbocycles. The lowest BCUT2D eigenvalue weighted by Crippen LogP contribution is -2.17. The summed E-state index contributed by atoms with van der Waals surface area (Å²) in [4.78, 5) is 15.8. The van der Waals surface area contributed by atoms with E-state index in [9.17, 15) is 0 Å². The third kappa shape index (κ3) is 3.17. The van der Waals surface area contributed by atoms with Crippen LogP contribution in [0, 0.1) is 13.8 Å². The molecule has 0 fully saturated rings. The second-order valence-corrected chi connectivity index (χ2v) is 5.84. The lowest BCUT2D eigenvalue weighted by molar-refractivity contribution is 0.314. The zero-order chi connectivity index (χ0) is 13.1. The van der Waals surface area contributed by atoms with Crippen LogP contribution in [0.1, 0.15) is 34.0 Å². The lowest BCUT2D eigenvalue weighted by Gasteiger charge is -2.13. The van der Waals surface area contributed by atoms with Gasteiger partial charge in [0.15, 0.2) is 0 Å². The van der Waals surface area contributed by atoms with E-state index in [-0.39, 0.29) is 0 Å². The molecule has 0 bridgehead atoms. The minimum atomic E-state index is 0.858. The van der Waals surface area contributed by atoms with Crippen LogP contribution < -0.4 is 0 Å². The first-order valence-electron chi connectivity index (χ1n) is 6.22. The number of aromatic amines is 1. The van der Waals surface area contributed by atoms with Crippen LogP contribution in [0.4, 0.5) is 0 Å². The molecule has 2 heterocycles. The van der Waals surface area contributed by atoms with Crippen molar-refractivity contribution in [2.75, 3.05) is 7.05 Å². The van der Waals surface area contributed by atoms with Gasteiger partial charge < -0.3 is 4.98 Å². The van der Waals surface area contributed by atoms with Gasteiger partial charge in [-0.3, -0.25) is 4.90 Å². The molecule has 0 amide bonds. The Morgan fingerprint density at radius 2 is 2.11 bits per heavy atom. The Hall–Kier alpha value is -1.20. The van der Waals surface area contributed by atoms with Crippen LogP contribution in [0.15, 0.2) is 6.20 Å². The Morgan fingerprint density at radius 1 is 1.33 bits per heavy atom. The number of nitrogens with zero attached hydrogens (tertiary/aromatic N) is 3. The first-order valence-corrected chi connectivity index (χ1v) is 7.04. The summed E-state index contributed by atoms with van der Waals surface area (Å²) in [5.74, 6) is 0.985. The fraction of sp³-hybridized carbons (Fsp3) is 0.538. The van der Waals surface area contributed by atoms with Gasteiger partial charge >= 0.3 is 0 Å². The maximum absolute atomic E-state index is 4.50. The van der Waals surface area contributed by atoms with Crippen molar-refractivity contribution in [3.63, 3.8) is 0 Å². The molecule has 0 saturated heterocycles. The van der Waals surface area contributed by atoms with Crippen LogP contribution in [0.2, 0.25) is 0 Å². The minimum absolute atomic E-state index is 0.858. The summed E-state index contributed by atoms with van der Waals surface area (Å²) in [6.45, 7) is 7.97. The van der Waals surface area contributed by atoms with Crippen LogP contribution in [0.5, 0.6) is 0 Å². The van der Waals surface area contributed by atoms with Crippen molar-refractivity contribution >= 4 is 11.3 Å². The predicted molar refractivity (Wildman–Crippen MR) is 74.7 cm³/mol. The van der Waals surface area contributed by atoms with E-state index < -0.39 is 0 Å². The maximum atomic E-state index is 4.50. The van der Waals surface area contributed by atoms with Gasteiger partial charge in [0.2, 0.25) is 0 Å². The molecule has 0 saturated carbocycles. The number of hydrogen-bond acceptors (Lipinski definition) is 4. The van der Waals surface area contributed by atoms with E-state index in [4.69, 9.17) is 0 Å². The number of aryl methyl sites for hydroxylation is 3. The van der Waals surface area contributed by atoms with Gasteiger partial charge in [0.05, 0.1) is 12.2 Å². The smallest absolute Gasteiger partial charge is 0.107 e. The summed E-state index contributed by atoms with van der Waals surface area (Å²) >= 11 is 1.80. The highest BCUT2D eigenvalue weighted by molar-refractivity contribution is 7.11. The minimum Gasteiger partial charge on any atom is -0.346 e. The molecule has 1 N–H and O–H groups in total. The molecule has 0 aliphatic heterocycles. The average Bonchev–Trinajstić information content (AvgIpc) is 2.86. The summed E-state index contributed by atoms with van der Waals surface area (Å²) < 4.78 is 0. The van der Waals surface area contributed by atoms with Gasteiger partial charge in [0.1, 0.15) is 10.8 Å². The van der Waals surface area contributed by atoms with Crippen molar-refractivity contribution < 1.29 is 0 Å². The van der Waals surface area contributed by atoms with Crippen molar-refractivity contribution in [1.29, 1.82) is 0 Å². The van der Waals surface area contributed by atoms with Crippen molar-refractivity contribution in [3.8, 4) is 0 Å². The molecule has 4 nitrogen and oxygen atoms in total. The summed E-state index contributed by atoms with van der Waals surface area (Å²) in [6, 6.07) is 0. The third-order valence-corrected chi connectivity index (χ3v) is 4.01. The van der Waals surface area contributed by atoms with Gasteiger partial charge in [-0.1, -0.05) is 6.92 Å². The normalized spacial score (nSPS) is 11.4. The SMILES string of the molecule is CCc1cnc(CN(C)Cc2nc(C)[nH]c2C)s1. The Labute approximate surface area is 112 Å². The first-order chi connectivity index (χ1) is 8.58. The van der Waals surface area contributed by atoms with Gasteiger partial charge in [0, 0.05) is 23.3 Å². The fourth-order valence-electron chi connectivity index (χ4n) is 1.94. The van der Waals surface area contributed by atoms with Crippen LogP contribution in [-0.4, -0.2) is 26.9 Å². The number of hydrogen-bond donors (Lipinski definition) is 1. The molecule has 2 rings (SSSR count). The second kappa shape index (κ2) is 5.63. The molecule has 2 aromatic heterocycles. The number of rotatable bonds is 5. The Balaban J connectivity index is 1.96. The molecule has 0 aliphatic rings. The zero-order valence-corrected chi connectivity index (χ0v) is 12.3. The highest BCUT2D eigenvalue weighted by Gasteiger charge is 2.09. The quantitative estimate of drug-likeness (QED) is 0.903. The van der Waals surface area contributed by atoms with E-state index in [2.05, 4.69) is 40.7 Å². The summed E-state index contributed by atoms with van der Waals surface area (Å²) in [5, 5.41) is 1.18. The zero-order valence-electron chi connectivity index (χ0n) is 11.4. The van der Waals surface area contributed by atoms with Crippen LogP contribution in [0.3, 0.4) is 0 Å². The second-order valence-electron chi connectivity index (χ2n) is 4.64. The van der Waals surface area contributed by atoms with Gasteiger partial charge in [-0.05, 0) is 27.3 Å². The molecular weight excluding hydrogens is 244 g/mol. The topological polar surface area (TPSA) is 44.8 Å². The van der Waals surface area contributed by atoms with Gasteiger partial charge in [-0.2, -0.15) is 0 Å². The summed E-state index contributed by atoms with van der Waals surface area (Å²) in [7, 11) is 2.11. The average molecular weight is 264 g/mol. The Bertz CT molecular complexity index is 515. The Morgan fingerprint density at radius 3 is 2.67 bits per heavy atom. The van der Waals surface area contributed by atoms with Crippen molar-refractivity contribution in [2.24, 2.45) is 0 Å². The standard InChI is InChI=1S/C13H20N4S/c1-5-11-6-14-13(18-11)8-17(4)7-12-9(2)15-10(3)16-12/h6H,5,7-8H2,1-4H3,(H,15,16). The van der Waals surface area contributed by atoms with Crippen molar-refractivity contribution in [2.45, 2.75) is 40.3 Å².